The average molecular weight is 316 g/mol. The first kappa shape index (κ1) is 14.5. The second kappa shape index (κ2) is 6.11. The first-order valence-corrected chi connectivity index (χ1v) is 7.45. The van der Waals surface area contributed by atoms with E-state index in [0.29, 0.717) is 22.9 Å². The molecule has 0 aliphatic rings. The smallest absolute Gasteiger partial charge is 0.263 e. The predicted molar refractivity (Wildman–Crippen MR) is 82.1 cm³/mol. The lowest BCUT2D eigenvalue weighted by atomic mass is 10.1. The quantitative estimate of drug-likeness (QED) is 0.797. The van der Waals surface area contributed by atoms with Gasteiger partial charge >= 0.3 is 0 Å². The Morgan fingerprint density at radius 1 is 1.27 bits per heavy atom. The molecular weight excluding hydrogens is 303 g/mol. The number of carbonyl (C=O) groups excluding carboxylic acids is 1. The van der Waals surface area contributed by atoms with Crippen LogP contribution >= 0.6 is 11.5 Å². The highest BCUT2D eigenvalue weighted by Crippen LogP contribution is 2.22. The predicted octanol–water partition coefficient (Wildman–Crippen LogP) is 3.78. The molecular formula is C16H13FN2O2S. The number of hydrogen-bond acceptors (Lipinski definition) is 4. The van der Waals surface area contributed by atoms with E-state index in [2.05, 4.69) is 9.69 Å². The van der Waals surface area contributed by atoms with Gasteiger partial charge in [0.1, 0.15) is 22.2 Å². The van der Waals surface area contributed by atoms with Gasteiger partial charge in [0.05, 0.1) is 12.2 Å². The van der Waals surface area contributed by atoms with E-state index in [1.807, 2.05) is 19.1 Å². The summed E-state index contributed by atoms with van der Waals surface area (Å²) in [5.74, 6) is 1.00. The summed E-state index contributed by atoms with van der Waals surface area (Å²) in [6.07, 6.45) is 0. The van der Waals surface area contributed by atoms with Gasteiger partial charge in [-0.3, -0.25) is 4.79 Å². The zero-order valence-corrected chi connectivity index (χ0v) is 12.6. The fraction of sp³-hybridized carbons (Fsp3) is 0.125. The van der Waals surface area contributed by atoms with Crippen molar-refractivity contribution < 1.29 is 13.6 Å². The summed E-state index contributed by atoms with van der Waals surface area (Å²) in [5.41, 5.74) is 1.43. The molecule has 2 aromatic heterocycles. The highest BCUT2D eigenvalue weighted by Gasteiger charge is 2.12. The first-order valence-electron chi connectivity index (χ1n) is 6.68. The Morgan fingerprint density at radius 3 is 2.73 bits per heavy atom. The summed E-state index contributed by atoms with van der Waals surface area (Å²) in [7, 11) is 0. The molecule has 0 aliphatic heterocycles. The Hall–Kier alpha value is -2.47. The maximum absolute atomic E-state index is 12.9. The van der Waals surface area contributed by atoms with E-state index in [1.165, 1.54) is 12.1 Å². The Labute approximate surface area is 130 Å². The van der Waals surface area contributed by atoms with Crippen molar-refractivity contribution in [1.82, 2.24) is 9.69 Å². The van der Waals surface area contributed by atoms with Crippen molar-refractivity contribution in [3.63, 3.8) is 0 Å². The Balaban J connectivity index is 1.67. The summed E-state index contributed by atoms with van der Waals surface area (Å²) in [5, 5.41) is 2.78. The SMILES string of the molecule is Cc1ccc(CNC(=O)c2cc(-c3ccc(F)cc3)ns2)o1. The number of nitrogens with one attached hydrogen (secondary N) is 1. The number of nitrogens with zero attached hydrogens (tertiary/aromatic N) is 1. The zero-order valence-electron chi connectivity index (χ0n) is 11.8. The fourth-order valence-corrected chi connectivity index (χ4v) is 2.65. The average Bonchev–Trinajstić information content (AvgIpc) is 3.15. The molecule has 0 spiro atoms. The number of hydrogen-bond donors (Lipinski definition) is 1. The number of rotatable bonds is 4. The topological polar surface area (TPSA) is 55.1 Å². The van der Waals surface area contributed by atoms with E-state index in [1.54, 1.807) is 18.2 Å². The first-order chi connectivity index (χ1) is 10.6. The summed E-state index contributed by atoms with van der Waals surface area (Å²) in [6.45, 7) is 2.18. The maximum Gasteiger partial charge on any atom is 0.263 e. The van der Waals surface area contributed by atoms with Gasteiger partial charge in [0.25, 0.3) is 5.91 Å². The van der Waals surface area contributed by atoms with Gasteiger partial charge in [0, 0.05) is 5.56 Å². The highest BCUT2D eigenvalue weighted by molar-refractivity contribution is 7.08. The van der Waals surface area contributed by atoms with Crippen LogP contribution in [0.4, 0.5) is 4.39 Å². The van der Waals surface area contributed by atoms with Crippen molar-refractivity contribution in [1.29, 1.82) is 0 Å². The van der Waals surface area contributed by atoms with Crippen molar-refractivity contribution >= 4 is 17.4 Å². The van der Waals surface area contributed by atoms with E-state index in [4.69, 9.17) is 4.42 Å². The number of furan rings is 1. The number of aryl methyl sites for hydroxylation is 1. The minimum Gasteiger partial charge on any atom is -0.465 e. The van der Waals surface area contributed by atoms with Crippen LogP contribution in [0, 0.1) is 12.7 Å². The van der Waals surface area contributed by atoms with Crippen LogP contribution in [0.25, 0.3) is 11.3 Å². The van der Waals surface area contributed by atoms with Crippen molar-refractivity contribution in [3.8, 4) is 11.3 Å². The largest absolute Gasteiger partial charge is 0.465 e. The van der Waals surface area contributed by atoms with Gasteiger partial charge in [0.2, 0.25) is 0 Å². The third-order valence-electron chi connectivity index (χ3n) is 3.09. The van der Waals surface area contributed by atoms with Crippen LogP contribution in [-0.4, -0.2) is 10.3 Å². The number of aromatic nitrogens is 1. The second-order valence-corrected chi connectivity index (χ2v) is 5.58. The van der Waals surface area contributed by atoms with Crippen molar-refractivity contribution in [2.75, 3.05) is 0 Å². The molecule has 4 nitrogen and oxygen atoms in total. The van der Waals surface area contributed by atoms with Gasteiger partial charge < -0.3 is 9.73 Å². The molecule has 3 rings (SSSR count). The summed E-state index contributed by atoms with van der Waals surface area (Å²) in [6, 6.07) is 11.4. The Morgan fingerprint density at radius 2 is 2.05 bits per heavy atom. The molecule has 1 N–H and O–H groups in total. The van der Waals surface area contributed by atoms with E-state index in [9.17, 15) is 9.18 Å². The monoisotopic (exact) mass is 316 g/mol. The van der Waals surface area contributed by atoms with E-state index >= 15 is 0 Å². The second-order valence-electron chi connectivity index (χ2n) is 4.78. The summed E-state index contributed by atoms with van der Waals surface area (Å²) >= 11 is 1.11. The van der Waals surface area contributed by atoms with Crippen LogP contribution in [0.1, 0.15) is 21.2 Å². The molecule has 1 amide bonds. The Kier molecular flexibility index (Phi) is 4.02. The van der Waals surface area contributed by atoms with E-state index < -0.39 is 0 Å². The molecule has 0 unspecified atom stereocenters. The number of amides is 1. The summed E-state index contributed by atoms with van der Waals surface area (Å²) in [4.78, 5) is 12.6. The van der Waals surface area contributed by atoms with Crippen LogP contribution in [0.2, 0.25) is 0 Å². The lowest BCUT2D eigenvalue weighted by Crippen LogP contribution is -2.21. The molecule has 22 heavy (non-hydrogen) atoms. The van der Waals surface area contributed by atoms with Crippen molar-refractivity contribution in [3.05, 3.63) is 64.7 Å². The normalized spacial score (nSPS) is 10.6. The minimum absolute atomic E-state index is 0.208. The fourth-order valence-electron chi connectivity index (χ4n) is 1.97. The standard InChI is InChI=1S/C16H13FN2O2S/c1-10-2-7-13(21-10)9-18-16(20)15-8-14(19-22-15)11-3-5-12(17)6-4-11/h2-8H,9H2,1H3,(H,18,20). The lowest BCUT2D eigenvalue weighted by molar-refractivity contribution is 0.0952. The maximum atomic E-state index is 12.9. The number of halogens is 1. The van der Waals surface area contributed by atoms with Gasteiger partial charge in [-0.15, -0.1) is 0 Å². The zero-order chi connectivity index (χ0) is 15.5. The third-order valence-corrected chi connectivity index (χ3v) is 3.88. The van der Waals surface area contributed by atoms with Crippen molar-refractivity contribution in [2.24, 2.45) is 0 Å². The van der Waals surface area contributed by atoms with Crippen LogP contribution in [-0.2, 0) is 6.54 Å². The van der Waals surface area contributed by atoms with Gasteiger partial charge in [-0.2, -0.15) is 4.37 Å². The molecule has 112 valence electrons. The van der Waals surface area contributed by atoms with Gasteiger partial charge in [-0.05, 0) is 60.9 Å². The molecule has 0 aliphatic carbocycles. The molecule has 0 fully saturated rings. The molecule has 3 aromatic rings. The molecule has 2 heterocycles. The van der Waals surface area contributed by atoms with Crippen LogP contribution in [0.5, 0.6) is 0 Å². The minimum atomic E-state index is -0.300. The Bertz CT molecular complexity index is 793. The van der Waals surface area contributed by atoms with Gasteiger partial charge in [0.15, 0.2) is 0 Å². The van der Waals surface area contributed by atoms with Crippen LogP contribution < -0.4 is 5.32 Å². The van der Waals surface area contributed by atoms with E-state index in [-0.39, 0.29) is 11.7 Å². The molecule has 1 aromatic carbocycles. The lowest BCUT2D eigenvalue weighted by Gasteiger charge is -2.00. The van der Waals surface area contributed by atoms with E-state index in [0.717, 1.165) is 22.9 Å². The molecule has 0 bridgehead atoms. The van der Waals surface area contributed by atoms with Gasteiger partial charge in [-0.25, -0.2) is 4.39 Å². The third kappa shape index (κ3) is 3.23. The van der Waals surface area contributed by atoms with Crippen molar-refractivity contribution in [2.45, 2.75) is 13.5 Å². The molecule has 0 atom stereocenters. The highest BCUT2D eigenvalue weighted by atomic mass is 32.1. The summed E-state index contributed by atoms with van der Waals surface area (Å²) < 4.78 is 22.5. The molecule has 0 radical (unpaired) electrons. The van der Waals surface area contributed by atoms with Crippen LogP contribution in [0.3, 0.4) is 0 Å². The molecule has 6 heteroatoms. The molecule has 0 saturated carbocycles. The van der Waals surface area contributed by atoms with Gasteiger partial charge in [-0.1, -0.05) is 0 Å². The molecule has 0 saturated heterocycles. The number of benzene rings is 1. The van der Waals surface area contributed by atoms with Crippen LogP contribution in [0.15, 0.2) is 46.9 Å². The number of carbonyl (C=O) groups is 1.